The van der Waals surface area contributed by atoms with Crippen LogP contribution in [0, 0.1) is 0 Å². The van der Waals surface area contributed by atoms with Crippen LogP contribution in [0.4, 0.5) is 11.4 Å². The molecule has 1 saturated heterocycles. The van der Waals surface area contributed by atoms with Crippen molar-refractivity contribution in [2.75, 3.05) is 17.6 Å². The van der Waals surface area contributed by atoms with E-state index in [0.29, 0.717) is 34.4 Å². The minimum atomic E-state index is 0.0381. The average molecular weight is 260 g/mol. The summed E-state index contributed by atoms with van der Waals surface area (Å²) in [6.07, 6.45) is 0.444. The summed E-state index contributed by atoms with van der Waals surface area (Å²) in [5.74, 6) is 0.0381. The molecule has 1 amide bonds. The van der Waals surface area contributed by atoms with Crippen molar-refractivity contribution < 1.29 is 4.79 Å². The van der Waals surface area contributed by atoms with Crippen LogP contribution >= 0.6 is 23.2 Å². The van der Waals surface area contributed by atoms with E-state index in [9.17, 15) is 4.79 Å². The summed E-state index contributed by atoms with van der Waals surface area (Å²) in [5, 5.41) is 6.75. The number of rotatable bonds is 2. The van der Waals surface area contributed by atoms with Crippen LogP contribution in [0.2, 0.25) is 10.0 Å². The summed E-state index contributed by atoms with van der Waals surface area (Å²) in [6, 6.07) is 3.31. The SMILES string of the molecule is Nc1cc(Cl)c(Cl)cc1NC1CNC(=O)C1. The van der Waals surface area contributed by atoms with Crippen LogP contribution in [0.15, 0.2) is 12.1 Å². The Hall–Kier alpha value is -1.13. The molecule has 1 heterocycles. The van der Waals surface area contributed by atoms with Crippen LogP contribution in [0.1, 0.15) is 6.42 Å². The van der Waals surface area contributed by atoms with E-state index in [1.165, 1.54) is 0 Å². The Balaban J connectivity index is 2.15. The van der Waals surface area contributed by atoms with Crippen molar-refractivity contribution >= 4 is 40.5 Å². The first-order valence-electron chi connectivity index (χ1n) is 4.84. The Morgan fingerprint density at radius 1 is 1.38 bits per heavy atom. The van der Waals surface area contributed by atoms with Gasteiger partial charge in [0.05, 0.1) is 27.5 Å². The van der Waals surface area contributed by atoms with Gasteiger partial charge in [0.15, 0.2) is 0 Å². The summed E-state index contributed by atoms with van der Waals surface area (Å²) in [6.45, 7) is 0.596. The number of nitrogen functional groups attached to an aromatic ring is 1. The summed E-state index contributed by atoms with van der Waals surface area (Å²) in [5.41, 5.74) is 7.02. The molecule has 0 aromatic heterocycles. The van der Waals surface area contributed by atoms with E-state index in [2.05, 4.69) is 10.6 Å². The maximum atomic E-state index is 11.0. The quantitative estimate of drug-likeness (QED) is 0.711. The van der Waals surface area contributed by atoms with E-state index in [4.69, 9.17) is 28.9 Å². The number of carbonyl (C=O) groups excluding carboxylic acids is 1. The minimum Gasteiger partial charge on any atom is -0.397 e. The highest BCUT2D eigenvalue weighted by molar-refractivity contribution is 6.42. The largest absolute Gasteiger partial charge is 0.397 e. The second-order valence-electron chi connectivity index (χ2n) is 3.70. The lowest BCUT2D eigenvalue weighted by Gasteiger charge is -2.14. The maximum Gasteiger partial charge on any atom is 0.222 e. The van der Waals surface area contributed by atoms with Crippen molar-refractivity contribution in [2.45, 2.75) is 12.5 Å². The molecule has 6 heteroatoms. The lowest BCUT2D eigenvalue weighted by molar-refractivity contribution is -0.119. The van der Waals surface area contributed by atoms with Crippen LogP contribution in [-0.2, 0) is 4.79 Å². The molecule has 0 aliphatic carbocycles. The van der Waals surface area contributed by atoms with Crippen molar-refractivity contribution in [3.63, 3.8) is 0 Å². The van der Waals surface area contributed by atoms with Gasteiger partial charge >= 0.3 is 0 Å². The normalized spacial score (nSPS) is 19.6. The van der Waals surface area contributed by atoms with Gasteiger partial charge in [-0.25, -0.2) is 0 Å². The summed E-state index contributed by atoms with van der Waals surface area (Å²) in [4.78, 5) is 11.0. The highest BCUT2D eigenvalue weighted by Gasteiger charge is 2.21. The van der Waals surface area contributed by atoms with E-state index in [0.717, 1.165) is 0 Å². The smallest absolute Gasteiger partial charge is 0.222 e. The summed E-state index contributed by atoms with van der Waals surface area (Å²) < 4.78 is 0. The van der Waals surface area contributed by atoms with Crippen molar-refractivity contribution in [1.29, 1.82) is 0 Å². The number of nitrogens with two attached hydrogens (primary N) is 1. The number of anilines is 2. The van der Waals surface area contributed by atoms with Crippen LogP contribution in [-0.4, -0.2) is 18.5 Å². The molecule has 1 unspecified atom stereocenters. The number of carbonyl (C=O) groups is 1. The molecule has 1 fully saturated rings. The maximum absolute atomic E-state index is 11.0. The van der Waals surface area contributed by atoms with Crippen LogP contribution < -0.4 is 16.4 Å². The molecule has 0 spiro atoms. The molecule has 16 heavy (non-hydrogen) atoms. The zero-order chi connectivity index (χ0) is 11.7. The number of amides is 1. The second-order valence-corrected chi connectivity index (χ2v) is 4.52. The Morgan fingerprint density at radius 2 is 2.06 bits per heavy atom. The van der Waals surface area contributed by atoms with Gasteiger partial charge < -0.3 is 16.4 Å². The van der Waals surface area contributed by atoms with Crippen molar-refractivity contribution in [3.05, 3.63) is 22.2 Å². The number of halogens is 2. The van der Waals surface area contributed by atoms with Crippen molar-refractivity contribution in [2.24, 2.45) is 0 Å². The average Bonchev–Trinajstić information content (AvgIpc) is 2.60. The Labute approximate surface area is 103 Å². The third-order valence-corrected chi connectivity index (χ3v) is 3.15. The van der Waals surface area contributed by atoms with Gasteiger partial charge in [-0.2, -0.15) is 0 Å². The van der Waals surface area contributed by atoms with Gasteiger partial charge in [-0.3, -0.25) is 4.79 Å². The standard InChI is InChI=1S/C10H11Cl2N3O/c11-6-2-8(13)9(3-7(6)12)15-5-1-10(16)14-4-5/h2-3,5,15H,1,4,13H2,(H,14,16). The van der Waals surface area contributed by atoms with E-state index in [-0.39, 0.29) is 11.9 Å². The molecule has 2 rings (SSSR count). The zero-order valence-corrected chi connectivity index (χ0v) is 9.90. The number of hydrogen-bond donors (Lipinski definition) is 3. The highest BCUT2D eigenvalue weighted by atomic mass is 35.5. The molecule has 0 bridgehead atoms. The number of nitrogens with one attached hydrogen (secondary N) is 2. The highest BCUT2D eigenvalue weighted by Crippen LogP contribution is 2.31. The Kier molecular flexibility index (Phi) is 3.12. The van der Waals surface area contributed by atoms with Crippen molar-refractivity contribution in [1.82, 2.24) is 5.32 Å². The first-order chi connectivity index (χ1) is 7.56. The van der Waals surface area contributed by atoms with E-state index < -0.39 is 0 Å². The molecule has 1 aromatic carbocycles. The topological polar surface area (TPSA) is 67.2 Å². The van der Waals surface area contributed by atoms with Gasteiger partial charge in [-0.1, -0.05) is 23.2 Å². The monoisotopic (exact) mass is 259 g/mol. The molecule has 1 aromatic rings. The third-order valence-electron chi connectivity index (χ3n) is 2.43. The lowest BCUT2D eigenvalue weighted by Crippen LogP contribution is -2.22. The van der Waals surface area contributed by atoms with Gasteiger partial charge in [-0.15, -0.1) is 0 Å². The molecule has 4 nitrogen and oxygen atoms in total. The molecule has 1 atom stereocenters. The molecular weight excluding hydrogens is 249 g/mol. The Morgan fingerprint density at radius 3 is 2.69 bits per heavy atom. The fourth-order valence-electron chi connectivity index (χ4n) is 1.61. The van der Waals surface area contributed by atoms with Crippen LogP contribution in [0.3, 0.4) is 0 Å². The molecular formula is C10H11Cl2N3O. The molecule has 0 saturated carbocycles. The predicted molar refractivity (Wildman–Crippen MR) is 65.9 cm³/mol. The molecule has 1 aliphatic rings. The second kappa shape index (κ2) is 4.39. The van der Waals surface area contributed by atoms with Crippen LogP contribution in [0.5, 0.6) is 0 Å². The van der Waals surface area contributed by atoms with Gasteiger partial charge in [-0.05, 0) is 12.1 Å². The lowest BCUT2D eigenvalue weighted by atomic mass is 10.2. The number of benzene rings is 1. The zero-order valence-electron chi connectivity index (χ0n) is 8.39. The third kappa shape index (κ3) is 2.33. The molecule has 0 radical (unpaired) electrons. The predicted octanol–water partition coefficient (Wildman–Crippen LogP) is 1.88. The van der Waals surface area contributed by atoms with E-state index in [1.54, 1.807) is 12.1 Å². The van der Waals surface area contributed by atoms with Gasteiger partial charge in [0.2, 0.25) is 5.91 Å². The first kappa shape index (κ1) is 11.4. The number of hydrogen-bond acceptors (Lipinski definition) is 3. The fraction of sp³-hybridized carbons (Fsp3) is 0.300. The first-order valence-corrected chi connectivity index (χ1v) is 5.59. The van der Waals surface area contributed by atoms with E-state index >= 15 is 0 Å². The van der Waals surface area contributed by atoms with Gasteiger partial charge in [0.1, 0.15) is 0 Å². The molecule has 4 N–H and O–H groups in total. The molecule has 86 valence electrons. The van der Waals surface area contributed by atoms with Crippen molar-refractivity contribution in [3.8, 4) is 0 Å². The molecule has 1 aliphatic heterocycles. The van der Waals surface area contributed by atoms with Crippen LogP contribution in [0.25, 0.3) is 0 Å². The Bertz CT molecular complexity index is 436. The minimum absolute atomic E-state index is 0.0381. The van der Waals surface area contributed by atoms with E-state index in [1.807, 2.05) is 0 Å². The summed E-state index contributed by atoms with van der Waals surface area (Å²) in [7, 11) is 0. The van der Waals surface area contributed by atoms with Gasteiger partial charge in [0, 0.05) is 13.0 Å². The summed E-state index contributed by atoms with van der Waals surface area (Å²) >= 11 is 11.7. The fourth-order valence-corrected chi connectivity index (χ4v) is 1.95. The van der Waals surface area contributed by atoms with Gasteiger partial charge in [0.25, 0.3) is 0 Å².